The molecule has 0 saturated heterocycles. The minimum atomic E-state index is -2.29. The normalized spacial score (nSPS) is 21.4. The van der Waals surface area contributed by atoms with Crippen LogP contribution in [-0.4, -0.2) is 0 Å². The zero-order valence-electron chi connectivity index (χ0n) is 12.4. The third-order valence-electron chi connectivity index (χ3n) is 4.56. The molecule has 0 nitrogen and oxygen atoms in total. The van der Waals surface area contributed by atoms with E-state index in [1.165, 1.54) is 22.3 Å². The molecule has 113 valence electrons. The summed E-state index contributed by atoms with van der Waals surface area (Å²) in [5.74, 6) is 0.876. The van der Waals surface area contributed by atoms with Crippen molar-refractivity contribution >= 4 is 31.9 Å². The van der Waals surface area contributed by atoms with Gasteiger partial charge in [-0.05, 0) is 0 Å². The van der Waals surface area contributed by atoms with Crippen LogP contribution in [0.15, 0.2) is 72.8 Å². The summed E-state index contributed by atoms with van der Waals surface area (Å²) >= 11 is -2.29. The summed E-state index contributed by atoms with van der Waals surface area (Å²) in [6, 6.07) is 17.1. The molecular formula is C20H15Cl2Zr. The van der Waals surface area contributed by atoms with Crippen LogP contribution in [0, 0.1) is 5.92 Å². The second-order valence-electron chi connectivity index (χ2n) is 5.91. The first-order valence-corrected chi connectivity index (χ1v) is 15.2. The molecule has 2 aliphatic rings. The molecule has 0 fully saturated rings. The number of hydrogen-bond acceptors (Lipinski definition) is 0. The van der Waals surface area contributed by atoms with Crippen LogP contribution in [0.3, 0.4) is 0 Å². The van der Waals surface area contributed by atoms with Crippen molar-refractivity contribution < 1.29 is 19.4 Å². The number of benzene rings is 2. The van der Waals surface area contributed by atoms with Gasteiger partial charge in [0.05, 0.1) is 0 Å². The van der Waals surface area contributed by atoms with Gasteiger partial charge in [-0.1, -0.05) is 0 Å². The molecule has 23 heavy (non-hydrogen) atoms. The molecule has 0 N–H and O–H groups in total. The predicted molar refractivity (Wildman–Crippen MR) is 96.6 cm³/mol. The number of allylic oxidation sites excluding steroid dienone is 5. The fourth-order valence-electron chi connectivity index (χ4n) is 3.35. The fourth-order valence-corrected chi connectivity index (χ4v) is 5.87. The van der Waals surface area contributed by atoms with Gasteiger partial charge < -0.3 is 0 Å². The summed E-state index contributed by atoms with van der Waals surface area (Å²) in [4.78, 5) is 0. The molecular weight excluding hydrogens is 402 g/mol. The van der Waals surface area contributed by atoms with Crippen LogP contribution in [-0.2, 0) is 19.4 Å². The first-order chi connectivity index (χ1) is 11.2. The van der Waals surface area contributed by atoms with Crippen LogP contribution in [0.5, 0.6) is 0 Å². The third kappa shape index (κ3) is 3.07. The molecule has 2 aliphatic carbocycles. The molecule has 0 amide bonds. The van der Waals surface area contributed by atoms with Gasteiger partial charge >= 0.3 is 153 Å². The van der Waals surface area contributed by atoms with E-state index in [2.05, 4.69) is 78.9 Å². The average molecular weight is 417 g/mol. The minimum absolute atomic E-state index is 0.427. The Morgan fingerprint density at radius 2 is 1.61 bits per heavy atom. The van der Waals surface area contributed by atoms with Gasteiger partial charge in [-0.3, -0.25) is 0 Å². The van der Waals surface area contributed by atoms with Crippen LogP contribution in [0.25, 0.3) is 11.6 Å². The van der Waals surface area contributed by atoms with Crippen molar-refractivity contribution in [2.75, 3.05) is 0 Å². The zero-order valence-corrected chi connectivity index (χ0v) is 16.4. The Morgan fingerprint density at radius 3 is 2.39 bits per heavy atom. The van der Waals surface area contributed by atoms with Gasteiger partial charge in [-0.15, -0.1) is 0 Å². The summed E-state index contributed by atoms with van der Waals surface area (Å²) in [6.45, 7) is 0. The molecule has 0 bridgehead atoms. The summed E-state index contributed by atoms with van der Waals surface area (Å²) in [5, 5.41) is 0. The molecule has 2 unspecified atom stereocenters. The van der Waals surface area contributed by atoms with Crippen LogP contribution < -0.4 is 3.27 Å². The third-order valence-corrected chi connectivity index (χ3v) is 9.03. The Hall–Kier alpha value is -0.877. The summed E-state index contributed by atoms with van der Waals surface area (Å²) in [5.41, 5.74) is 5.30. The van der Waals surface area contributed by atoms with E-state index in [9.17, 15) is 0 Å². The van der Waals surface area contributed by atoms with Gasteiger partial charge in [-0.2, -0.15) is 0 Å². The van der Waals surface area contributed by atoms with E-state index in [4.69, 9.17) is 17.0 Å². The zero-order chi connectivity index (χ0) is 15.8. The number of halogens is 2. The Labute approximate surface area is 151 Å². The predicted octanol–water partition coefficient (Wildman–Crippen LogP) is 5.62. The van der Waals surface area contributed by atoms with Crippen molar-refractivity contribution in [2.24, 2.45) is 5.92 Å². The number of hydrogen-bond donors (Lipinski definition) is 0. The van der Waals surface area contributed by atoms with Crippen LogP contribution in [0.1, 0.15) is 22.6 Å². The van der Waals surface area contributed by atoms with Gasteiger partial charge in [0.2, 0.25) is 0 Å². The van der Waals surface area contributed by atoms with Gasteiger partial charge in [-0.25, -0.2) is 0 Å². The molecule has 0 aromatic heterocycles. The van der Waals surface area contributed by atoms with E-state index < -0.39 is 19.4 Å². The van der Waals surface area contributed by atoms with Crippen molar-refractivity contribution in [3.8, 4) is 0 Å². The van der Waals surface area contributed by atoms with Crippen molar-refractivity contribution in [2.45, 2.75) is 5.92 Å². The molecule has 0 saturated carbocycles. The second kappa shape index (κ2) is 6.56. The maximum absolute atomic E-state index is 6.10. The van der Waals surface area contributed by atoms with Gasteiger partial charge in [0.1, 0.15) is 0 Å². The van der Waals surface area contributed by atoms with E-state index in [1.54, 1.807) is 0 Å². The first kappa shape index (κ1) is 15.6. The molecule has 2 atom stereocenters. The quantitative estimate of drug-likeness (QED) is 0.608. The molecule has 2 aromatic carbocycles. The molecule has 4 rings (SSSR count). The van der Waals surface area contributed by atoms with Crippen molar-refractivity contribution in [3.05, 3.63) is 89.5 Å². The fraction of sp³-hybridized carbons (Fsp3) is 0.100. The number of fused-ring (bicyclic) bond motifs is 1. The van der Waals surface area contributed by atoms with Crippen molar-refractivity contribution in [1.29, 1.82) is 0 Å². The Morgan fingerprint density at radius 1 is 0.826 bits per heavy atom. The summed E-state index contributed by atoms with van der Waals surface area (Å²) in [6.07, 6.45) is 11.5. The van der Waals surface area contributed by atoms with Gasteiger partial charge in [0, 0.05) is 0 Å². The maximum atomic E-state index is 6.10. The van der Waals surface area contributed by atoms with Crippen LogP contribution in [0.2, 0.25) is 0 Å². The molecule has 0 spiro atoms. The van der Waals surface area contributed by atoms with Crippen molar-refractivity contribution in [3.63, 3.8) is 0 Å². The average Bonchev–Trinajstić information content (AvgIpc) is 3.21. The first-order valence-electron chi connectivity index (χ1n) is 7.68. The number of rotatable bonds is 3. The van der Waals surface area contributed by atoms with Gasteiger partial charge in [0.25, 0.3) is 0 Å². The van der Waals surface area contributed by atoms with E-state index in [1.807, 2.05) is 0 Å². The van der Waals surface area contributed by atoms with Crippen LogP contribution >= 0.6 is 17.0 Å². The van der Waals surface area contributed by atoms with Gasteiger partial charge in [0.15, 0.2) is 0 Å². The topological polar surface area (TPSA) is 0 Å². The van der Waals surface area contributed by atoms with E-state index in [0.717, 1.165) is 3.27 Å². The summed E-state index contributed by atoms with van der Waals surface area (Å²) < 4.78 is 1.13. The van der Waals surface area contributed by atoms with Crippen LogP contribution in [0.4, 0.5) is 0 Å². The monoisotopic (exact) mass is 415 g/mol. The second-order valence-corrected chi connectivity index (χ2v) is 14.2. The molecule has 0 radical (unpaired) electrons. The summed E-state index contributed by atoms with van der Waals surface area (Å²) in [7, 11) is 12.2. The SMILES string of the molecule is [Cl][Zr]([Cl])[c]1ccc(C2=CC(C3C=Cc4ccccc43)C=C2)cc1. The van der Waals surface area contributed by atoms with Crippen molar-refractivity contribution in [1.82, 2.24) is 0 Å². The molecule has 0 aliphatic heterocycles. The standard InChI is InChI=1S/C20H15.2ClH.Zr/c1-2-6-15(7-3-1)17-10-11-18(14-17)20-13-12-16-8-4-5-9-19(16)20;;;/h2-14,18,20H;2*1H;/q;;;+2/p-2. The van der Waals surface area contributed by atoms with E-state index >= 15 is 0 Å². The Balaban J connectivity index is 1.59. The van der Waals surface area contributed by atoms with E-state index in [-0.39, 0.29) is 0 Å². The molecule has 2 aromatic rings. The molecule has 0 heterocycles. The Kier molecular flexibility index (Phi) is 4.46. The Bertz CT molecular complexity index is 816. The van der Waals surface area contributed by atoms with E-state index in [0.29, 0.717) is 11.8 Å². The molecule has 3 heteroatoms.